The van der Waals surface area contributed by atoms with Crippen molar-refractivity contribution in [2.45, 2.75) is 6.92 Å². The summed E-state index contributed by atoms with van der Waals surface area (Å²) in [5.74, 6) is 0.0659. The fourth-order valence-corrected chi connectivity index (χ4v) is 2.99. The summed E-state index contributed by atoms with van der Waals surface area (Å²) in [5.41, 5.74) is 2.16. The van der Waals surface area contributed by atoms with Crippen molar-refractivity contribution in [2.75, 3.05) is 0 Å². The molecule has 1 aromatic rings. The molecule has 84 valence electrons. The van der Waals surface area contributed by atoms with E-state index < -0.39 is 0 Å². The Hall–Kier alpha value is -1.87. The molecule has 3 heteroatoms. The highest BCUT2D eigenvalue weighted by molar-refractivity contribution is 8.00. The molecule has 2 aliphatic rings. The molecular weight excluding hydrogens is 230 g/mol. The van der Waals surface area contributed by atoms with Crippen molar-refractivity contribution >= 4 is 26.7 Å². The highest BCUT2D eigenvalue weighted by atomic mass is 32.1. The summed E-state index contributed by atoms with van der Waals surface area (Å²) in [7, 11) is 1.54. The number of hydrogen-bond donors (Lipinski definition) is 0. The van der Waals surface area contributed by atoms with Crippen LogP contribution in [0.5, 0.6) is 0 Å². The quantitative estimate of drug-likeness (QED) is 0.691. The third-order valence-electron chi connectivity index (χ3n) is 2.73. The first-order valence-corrected chi connectivity index (χ1v) is 6.24. The van der Waals surface area contributed by atoms with Gasteiger partial charge in [0.25, 0.3) is 5.91 Å². The minimum absolute atomic E-state index is 0.0659. The van der Waals surface area contributed by atoms with Crippen molar-refractivity contribution in [3.63, 3.8) is 0 Å². The molecular formula is C14H11NOS. The SMILES string of the molecule is CC1=CC2=S=C(c3ccccc3)C(=O)N2C=C1. The van der Waals surface area contributed by atoms with E-state index in [0.29, 0.717) is 0 Å². The first-order valence-electron chi connectivity index (χ1n) is 5.43. The fourth-order valence-electron chi connectivity index (χ4n) is 1.85. The van der Waals surface area contributed by atoms with E-state index in [1.165, 1.54) is 5.57 Å². The lowest BCUT2D eigenvalue weighted by atomic mass is 10.1. The molecule has 0 spiro atoms. The molecule has 0 aliphatic carbocycles. The minimum Gasteiger partial charge on any atom is -0.274 e. The van der Waals surface area contributed by atoms with Crippen molar-refractivity contribution < 1.29 is 4.79 Å². The van der Waals surface area contributed by atoms with Crippen LogP contribution in [0.4, 0.5) is 0 Å². The van der Waals surface area contributed by atoms with E-state index in [-0.39, 0.29) is 5.91 Å². The zero-order valence-corrected chi connectivity index (χ0v) is 10.2. The smallest absolute Gasteiger partial charge is 0.273 e. The highest BCUT2D eigenvalue weighted by Crippen LogP contribution is 2.19. The summed E-state index contributed by atoms with van der Waals surface area (Å²) in [5, 5.41) is 0. The van der Waals surface area contributed by atoms with E-state index in [0.717, 1.165) is 15.4 Å². The van der Waals surface area contributed by atoms with Gasteiger partial charge in [-0.25, -0.2) is 0 Å². The third kappa shape index (κ3) is 1.68. The number of nitrogens with zero attached hydrogens (tertiary/aromatic N) is 1. The predicted octanol–water partition coefficient (Wildman–Crippen LogP) is 2.39. The number of allylic oxidation sites excluding steroid dienone is 2. The van der Waals surface area contributed by atoms with Crippen molar-refractivity contribution in [3.8, 4) is 0 Å². The fraction of sp³-hybridized carbons (Fsp3) is 0.0714. The van der Waals surface area contributed by atoms with E-state index in [1.807, 2.05) is 55.6 Å². The molecule has 0 N–H and O–H groups in total. The summed E-state index contributed by atoms with van der Waals surface area (Å²) in [6, 6.07) is 9.81. The maximum absolute atomic E-state index is 12.2. The van der Waals surface area contributed by atoms with Crippen LogP contribution < -0.4 is 0 Å². The van der Waals surface area contributed by atoms with Crippen LogP contribution in [0.3, 0.4) is 0 Å². The van der Waals surface area contributed by atoms with Gasteiger partial charge < -0.3 is 0 Å². The second kappa shape index (κ2) is 3.86. The average Bonchev–Trinajstić information content (AvgIpc) is 2.67. The molecule has 2 nitrogen and oxygen atoms in total. The summed E-state index contributed by atoms with van der Waals surface area (Å²) in [4.78, 5) is 15.7. The number of benzene rings is 1. The zero-order chi connectivity index (χ0) is 11.8. The van der Waals surface area contributed by atoms with Crippen LogP contribution in [0.2, 0.25) is 0 Å². The van der Waals surface area contributed by atoms with Crippen molar-refractivity contribution in [2.24, 2.45) is 0 Å². The molecule has 1 amide bonds. The predicted molar refractivity (Wildman–Crippen MR) is 72.9 cm³/mol. The van der Waals surface area contributed by atoms with Gasteiger partial charge in [-0.1, -0.05) is 30.3 Å². The van der Waals surface area contributed by atoms with Gasteiger partial charge in [-0.2, -0.15) is 0 Å². The second-order valence-electron chi connectivity index (χ2n) is 4.01. The molecule has 3 rings (SSSR count). The molecule has 0 saturated carbocycles. The lowest BCUT2D eigenvalue weighted by molar-refractivity contribution is -0.118. The Morgan fingerprint density at radius 1 is 1.18 bits per heavy atom. The molecule has 2 aliphatic heterocycles. The Morgan fingerprint density at radius 3 is 2.71 bits per heavy atom. The maximum Gasteiger partial charge on any atom is 0.273 e. The number of hydrogen-bond acceptors (Lipinski definition) is 1. The van der Waals surface area contributed by atoms with Gasteiger partial charge in [-0.05, 0) is 30.2 Å². The second-order valence-corrected chi connectivity index (χ2v) is 5.05. The first-order chi connectivity index (χ1) is 8.25. The van der Waals surface area contributed by atoms with Crippen LogP contribution in [-0.4, -0.2) is 20.7 Å². The van der Waals surface area contributed by atoms with Crippen molar-refractivity contribution in [3.05, 3.63) is 59.8 Å². The van der Waals surface area contributed by atoms with Gasteiger partial charge >= 0.3 is 0 Å². The van der Waals surface area contributed by atoms with Crippen LogP contribution >= 0.6 is 10.9 Å². The normalized spacial score (nSPS) is 18.1. The molecule has 0 aromatic heterocycles. The monoisotopic (exact) mass is 241 g/mol. The van der Waals surface area contributed by atoms with Crippen LogP contribution in [0.1, 0.15) is 12.5 Å². The van der Waals surface area contributed by atoms with Crippen LogP contribution in [0, 0.1) is 0 Å². The minimum atomic E-state index is 0.0659. The summed E-state index contributed by atoms with van der Waals surface area (Å²) >= 11 is 0. The Bertz CT molecular complexity index is 619. The molecule has 0 saturated heterocycles. The van der Waals surface area contributed by atoms with E-state index in [9.17, 15) is 4.79 Å². The Labute approximate surface area is 103 Å². The van der Waals surface area contributed by atoms with Gasteiger partial charge in [0.05, 0.1) is 0 Å². The summed E-state index contributed by atoms with van der Waals surface area (Å²) in [6.07, 6.45) is 5.84. The van der Waals surface area contributed by atoms with Crippen LogP contribution in [-0.2, 0) is 4.79 Å². The zero-order valence-electron chi connectivity index (χ0n) is 9.38. The maximum atomic E-state index is 12.2. The largest absolute Gasteiger partial charge is 0.274 e. The molecule has 2 heterocycles. The lowest BCUT2D eigenvalue weighted by Gasteiger charge is -2.17. The van der Waals surface area contributed by atoms with Crippen molar-refractivity contribution in [1.82, 2.24) is 4.90 Å². The third-order valence-corrected chi connectivity index (χ3v) is 3.87. The lowest BCUT2D eigenvalue weighted by Crippen LogP contribution is -2.32. The Kier molecular flexibility index (Phi) is 2.34. The standard InChI is InChI=1S/C14H11NOS/c1-10-7-8-15-12(9-10)17-13(14(15)16)11-5-3-2-4-6-11/h2-9H,1H3. The van der Waals surface area contributed by atoms with Gasteiger partial charge in [0.2, 0.25) is 0 Å². The van der Waals surface area contributed by atoms with E-state index >= 15 is 0 Å². The number of carbonyl (C=O) groups is 1. The first kappa shape index (κ1) is 10.3. The number of carbonyl (C=O) groups excluding carboxylic acids is 1. The molecule has 0 radical (unpaired) electrons. The molecule has 0 bridgehead atoms. The van der Waals surface area contributed by atoms with Crippen molar-refractivity contribution in [1.29, 1.82) is 0 Å². The molecule has 17 heavy (non-hydrogen) atoms. The van der Waals surface area contributed by atoms with Gasteiger partial charge in [-0.3, -0.25) is 9.69 Å². The number of fused-ring (bicyclic) bond motifs is 1. The summed E-state index contributed by atoms with van der Waals surface area (Å²) in [6.45, 7) is 2.03. The van der Waals surface area contributed by atoms with Gasteiger partial charge in [0.15, 0.2) is 0 Å². The van der Waals surface area contributed by atoms with E-state index in [2.05, 4.69) is 0 Å². The topological polar surface area (TPSA) is 20.3 Å². The molecule has 0 atom stereocenters. The molecule has 0 unspecified atom stereocenters. The Balaban J connectivity index is 2.12. The van der Waals surface area contributed by atoms with E-state index in [1.54, 1.807) is 15.8 Å². The number of rotatable bonds is 1. The Morgan fingerprint density at radius 2 is 1.94 bits per heavy atom. The molecule has 1 aromatic carbocycles. The van der Waals surface area contributed by atoms with Gasteiger partial charge in [0, 0.05) is 6.20 Å². The summed E-state index contributed by atoms with van der Waals surface area (Å²) < 4.78 is 0. The van der Waals surface area contributed by atoms with Crippen LogP contribution in [0.15, 0.2) is 54.3 Å². The van der Waals surface area contributed by atoms with Gasteiger partial charge in [-0.15, -0.1) is 10.9 Å². The van der Waals surface area contributed by atoms with Gasteiger partial charge in [0.1, 0.15) is 9.85 Å². The molecule has 0 fully saturated rings. The highest BCUT2D eigenvalue weighted by Gasteiger charge is 2.27. The average molecular weight is 241 g/mol. The van der Waals surface area contributed by atoms with Crippen LogP contribution in [0.25, 0.3) is 0 Å². The number of amides is 1. The van der Waals surface area contributed by atoms with E-state index in [4.69, 9.17) is 0 Å².